The maximum absolute atomic E-state index is 5.55. The lowest BCUT2D eigenvalue weighted by molar-refractivity contribution is 0.878. The van der Waals surface area contributed by atoms with Crippen LogP contribution in [0.15, 0.2) is 30.7 Å². The fraction of sp³-hybridized carbons (Fsp3) is 0.111. The van der Waals surface area contributed by atoms with E-state index in [1.807, 2.05) is 19.2 Å². The Labute approximate surface area is 76.0 Å². The molecule has 0 aromatic carbocycles. The third-order valence-corrected chi connectivity index (χ3v) is 1.74. The zero-order valence-electron chi connectivity index (χ0n) is 7.31. The molecule has 0 atom stereocenters. The van der Waals surface area contributed by atoms with Gasteiger partial charge in [0.05, 0.1) is 11.9 Å². The summed E-state index contributed by atoms with van der Waals surface area (Å²) in [5, 5.41) is 4.16. The molecular weight excluding hydrogens is 164 g/mol. The number of nitrogens with two attached hydrogens (primary N) is 1. The molecule has 2 N–H and O–H groups in total. The van der Waals surface area contributed by atoms with Crippen LogP contribution in [0.1, 0.15) is 5.56 Å². The first kappa shape index (κ1) is 7.79. The minimum absolute atomic E-state index is 0.505. The van der Waals surface area contributed by atoms with Gasteiger partial charge in [0.15, 0.2) is 0 Å². The van der Waals surface area contributed by atoms with Crippen molar-refractivity contribution in [2.45, 2.75) is 6.92 Å². The molecule has 4 nitrogen and oxygen atoms in total. The standard InChI is InChI=1S/C9H10N4/c1-7-5-12-13(6-7)8-2-3-11-9(10)4-8/h2-6H,1H3,(H2,10,11). The largest absolute Gasteiger partial charge is 0.384 e. The van der Waals surface area contributed by atoms with E-state index in [1.165, 1.54) is 0 Å². The molecule has 2 aromatic rings. The maximum atomic E-state index is 5.55. The lowest BCUT2D eigenvalue weighted by Gasteiger charge is -2.00. The quantitative estimate of drug-likeness (QED) is 0.705. The summed E-state index contributed by atoms with van der Waals surface area (Å²) in [5.41, 5.74) is 7.60. The van der Waals surface area contributed by atoms with Gasteiger partial charge in [-0.2, -0.15) is 5.10 Å². The van der Waals surface area contributed by atoms with Gasteiger partial charge in [-0.1, -0.05) is 0 Å². The average Bonchev–Trinajstić information content (AvgIpc) is 2.52. The molecule has 0 fully saturated rings. The van der Waals surface area contributed by atoms with Crippen molar-refractivity contribution < 1.29 is 0 Å². The van der Waals surface area contributed by atoms with Crippen LogP contribution in [-0.2, 0) is 0 Å². The van der Waals surface area contributed by atoms with Gasteiger partial charge in [0.25, 0.3) is 0 Å². The van der Waals surface area contributed by atoms with E-state index >= 15 is 0 Å². The molecule has 0 bridgehead atoms. The van der Waals surface area contributed by atoms with Gasteiger partial charge in [-0.05, 0) is 18.6 Å². The summed E-state index contributed by atoms with van der Waals surface area (Å²) < 4.78 is 1.77. The fourth-order valence-electron chi connectivity index (χ4n) is 1.13. The molecule has 0 aliphatic carbocycles. The Kier molecular flexibility index (Phi) is 1.73. The molecule has 0 saturated carbocycles. The Hall–Kier alpha value is -1.84. The van der Waals surface area contributed by atoms with Crippen molar-refractivity contribution in [3.05, 3.63) is 36.3 Å². The van der Waals surface area contributed by atoms with Crippen LogP contribution in [0.5, 0.6) is 0 Å². The summed E-state index contributed by atoms with van der Waals surface area (Å²) in [5.74, 6) is 0.505. The smallest absolute Gasteiger partial charge is 0.125 e. The highest BCUT2D eigenvalue weighted by Crippen LogP contribution is 2.08. The molecule has 0 amide bonds. The van der Waals surface area contributed by atoms with E-state index in [1.54, 1.807) is 23.1 Å². The second-order valence-electron chi connectivity index (χ2n) is 2.90. The Morgan fingerprint density at radius 3 is 2.92 bits per heavy atom. The van der Waals surface area contributed by atoms with Gasteiger partial charge in [0.1, 0.15) is 5.82 Å². The Balaban J connectivity index is 2.46. The van der Waals surface area contributed by atoms with Crippen LogP contribution in [0, 0.1) is 6.92 Å². The molecule has 66 valence electrons. The van der Waals surface area contributed by atoms with Crippen molar-refractivity contribution in [1.82, 2.24) is 14.8 Å². The van der Waals surface area contributed by atoms with Gasteiger partial charge in [0, 0.05) is 18.5 Å². The van der Waals surface area contributed by atoms with Crippen LogP contribution >= 0.6 is 0 Å². The van der Waals surface area contributed by atoms with E-state index < -0.39 is 0 Å². The molecule has 0 unspecified atom stereocenters. The summed E-state index contributed by atoms with van der Waals surface area (Å²) in [7, 11) is 0. The molecule has 0 aliphatic heterocycles. The lowest BCUT2D eigenvalue weighted by Crippen LogP contribution is -1.97. The van der Waals surface area contributed by atoms with Crippen molar-refractivity contribution in [3.8, 4) is 5.69 Å². The monoisotopic (exact) mass is 174 g/mol. The highest BCUT2D eigenvalue weighted by Gasteiger charge is 1.97. The van der Waals surface area contributed by atoms with Crippen LogP contribution in [0.4, 0.5) is 5.82 Å². The number of nitrogens with zero attached hydrogens (tertiary/aromatic N) is 3. The van der Waals surface area contributed by atoms with Gasteiger partial charge in [-0.3, -0.25) is 0 Å². The van der Waals surface area contributed by atoms with E-state index in [2.05, 4.69) is 10.1 Å². The predicted molar refractivity (Wildman–Crippen MR) is 50.5 cm³/mol. The zero-order chi connectivity index (χ0) is 9.26. The van der Waals surface area contributed by atoms with E-state index in [-0.39, 0.29) is 0 Å². The van der Waals surface area contributed by atoms with Gasteiger partial charge >= 0.3 is 0 Å². The normalized spacial score (nSPS) is 10.2. The highest BCUT2D eigenvalue weighted by molar-refractivity contribution is 5.40. The van der Waals surface area contributed by atoms with Crippen LogP contribution in [0.2, 0.25) is 0 Å². The molecular formula is C9H10N4. The van der Waals surface area contributed by atoms with E-state index in [9.17, 15) is 0 Å². The van der Waals surface area contributed by atoms with Crippen molar-refractivity contribution >= 4 is 5.82 Å². The molecule has 2 rings (SSSR count). The second-order valence-corrected chi connectivity index (χ2v) is 2.90. The molecule has 0 aliphatic rings. The first-order valence-corrected chi connectivity index (χ1v) is 3.99. The number of anilines is 1. The number of hydrogen-bond acceptors (Lipinski definition) is 3. The van der Waals surface area contributed by atoms with E-state index in [4.69, 9.17) is 5.73 Å². The number of pyridine rings is 1. The number of hydrogen-bond donors (Lipinski definition) is 1. The van der Waals surface area contributed by atoms with Crippen LogP contribution < -0.4 is 5.73 Å². The third-order valence-electron chi connectivity index (χ3n) is 1.74. The molecule has 2 heterocycles. The average molecular weight is 174 g/mol. The van der Waals surface area contributed by atoms with Crippen LogP contribution in [-0.4, -0.2) is 14.8 Å². The van der Waals surface area contributed by atoms with Crippen molar-refractivity contribution in [2.24, 2.45) is 0 Å². The van der Waals surface area contributed by atoms with Crippen molar-refractivity contribution in [1.29, 1.82) is 0 Å². The first-order chi connectivity index (χ1) is 6.25. The number of aryl methyl sites for hydroxylation is 1. The van der Waals surface area contributed by atoms with Gasteiger partial charge in [0.2, 0.25) is 0 Å². The Morgan fingerprint density at radius 2 is 2.31 bits per heavy atom. The number of nitrogen functional groups attached to an aromatic ring is 1. The topological polar surface area (TPSA) is 56.7 Å². The Bertz CT molecular complexity index is 419. The first-order valence-electron chi connectivity index (χ1n) is 3.99. The molecule has 13 heavy (non-hydrogen) atoms. The second kappa shape index (κ2) is 2.90. The lowest BCUT2D eigenvalue weighted by atomic mass is 10.4. The summed E-state index contributed by atoms with van der Waals surface area (Å²) >= 11 is 0. The van der Waals surface area contributed by atoms with Gasteiger partial charge < -0.3 is 5.73 Å². The molecule has 0 saturated heterocycles. The fourth-order valence-corrected chi connectivity index (χ4v) is 1.13. The zero-order valence-corrected chi connectivity index (χ0v) is 7.31. The summed E-state index contributed by atoms with van der Waals surface area (Å²) in [6.45, 7) is 1.99. The molecule has 0 radical (unpaired) electrons. The SMILES string of the molecule is Cc1cnn(-c2ccnc(N)c2)c1. The van der Waals surface area contributed by atoms with Gasteiger partial charge in [-0.25, -0.2) is 9.67 Å². The minimum Gasteiger partial charge on any atom is -0.384 e. The van der Waals surface area contributed by atoms with Crippen molar-refractivity contribution in [2.75, 3.05) is 5.73 Å². The van der Waals surface area contributed by atoms with E-state index in [0.29, 0.717) is 5.82 Å². The van der Waals surface area contributed by atoms with Crippen LogP contribution in [0.25, 0.3) is 5.69 Å². The molecule has 2 aromatic heterocycles. The predicted octanol–water partition coefficient (Wildman–Crippen LogP) is 1.16. The van der Waals surface area contributed by atoms with Crippen molar-refractivity contribution in [3.63, 3.8) is 0 Å². The third kappa shape index (κ3) is 1.51. The Morgan fingerprint density at radius 1 is 1.46 bits per heavy atom. The number of aromatic nitrogens is 3. The minimum atomic E-state index is 0.505. The highest BCUT2D eigenvalue weighted by atomic mass is 15.3. The molecule has 4 heteroatoms. The van der Waals surface area contributed by atoms with E-state index in [0.717, 1.165) is 11.3 Å². The summed E-state index contributed by atoms with van der Waals surface area (Å²) in [6, 6.07) is 3.65. The van der Waals surface area contributed by atoms with Crippen LogP contribution in [0.3, 0.4) is 0 Å². The van der Waals surface area contributed by atoms with Gasteiger partial charge in [-0.15, -0.1) is 0 Å². The summed E-state index contributed by atoms with van der Waals surface area (Å²) in [6.07, 6.45) is 5.41. The molecule has 0 spiro atoms. The maximum Gasteiger partial charge on any atom is 0.125 e. The summed E-state index contributed by atoms with van der Waals surface area (Å²) in [4.78, 5) is 3.91. The number of rotatable bonds is 1.